The van der Waals surface area contributed by atoms with Crippen LogP contribution in [0.4, 0.5) is 0 Å². The number of hydrogen-bond acceptors (Lipinski definition) is 7. The monoisotopic (exact) mass is 437 g/mol. The molecule has 0 spiro atoms. The Labute approximate surface area is 180 Å². The van der Waals surface area contributed by atoms with E-state index in [4.69, 9.17) is 4.74 Å². The molecular weight excluding hydrogens is 410 g/mol. The number of aliphatic imine (C=N–C) groups is 1. The van der Waals surface area contributed by atoms with Gasteiger partial charge >= 0.3 is 5.97 Å². The summed E-state index contributed by atoms with van der Waals surface area (Å²) in [6, 6.07) is 7.18. The molecule has 0 aromatic heterocycles. The standard InChI is InChI=1S/C20H27N3O4S2/c1-20(2,3)22-16(24)11-23(4)17(25)12-27-18(26)15-8-6-5-7-14(15)13-29-19-21-9-10-28-19/h5-8H,9-13H2,1-4H3,(H,22,24). The Bertz CT molecular complexity index is 790. The summed E-state index contributed by atoms with van der Waals surface area (Å²) in [7, 11) is 1.50. The molecule has 2 rings (SSSR count). The fraction of sp³-hybridized carbons (Fsp3) is 0.500. The molecule has 0 saturated heterocycles. The SMILES string of the molecule is CN(CC(=O)NC(C)(C)C)C(=O)COC(=O)c1ccccc1CSC1=NCCS1. The van der Waals surface area contributed by atoms with E-state index in [9.17, 15) is 14.4 Å². The lowest BCUT2D eigenvalue weighted by molar-refractivity contribution is -0.137. The van der Waals surface area contributed by atoms with Crippen molar-refractivity contribution in [2.45, 2.75) is 32.1 Å². The Morgan fingerprint density at radius 3 is 2.66 bits per heavy atom. The number of amides is 2. The van der Waals surface area contributed by atoms with Crippen molar-refractivity contribution < 1.29 is 19.1 Å². The summed E-state index contributed by atoms with van der Waals surface area (Å²) < 4.78 is 6.23. The molecule has 1 N–H and O–H groups in total. The van der Waals surface area contributed by atoms with Crippen LogP contribution >= 0.6 is 23.5 Å². The number of benzene rings is 1. The second-order valence-corrected chi connectivity index (χ2v) is 9.87. The summed E-state index contributed by atoms with van der Waals surface area (Å²) in [6.07, 6.45) is 0. The maximum Gasteiger partial charge on any atom is 0.338 e. The normalized spacial score (nSPS) is 13.6. The molecule has 9 heteroatoms. The number of nitrogens with zero attached hydrogens (tertiary/aromatic N) is 2. The summed E-state index contributed by atoms with van der Waals surface area (Å²) in [6.45, 7) is 5.91. The van der Waals surface area contributed by atoms with Crippen molar-refractivity contribution in [1.82, 2.24) is 10.2 Å². The Morgan fingerprint density at radius 2 is 2.00 bits per heavy atom. The van der Waals surface area contributed by atoms with E-state index in [2.05, 4.69) is 10.3 Å². The van der Waals surface area contributed by atoms with E-state index in [0.29, 0.717) is 11.3 Å². The second kappa shape index (κ2) is 10.7. The van der Waals surface area contributed by atoms with Gasteiger partial charge in [-0.15, -0.1) is 0 Å². The van der Waals surface area contributed by atoms with Crippen molar-refractivity contribution in [2.24, 2.45) is 4.99 Å². The summed E-state index contributed by atoms with van der Waals surface area (Å²) in [4.78, 5) is 42.3. The molecule has 0 bridgehead atoms. The zero-order valence-corrected chi connectivity index (χ0v) is 18.8. The average Bonchev–Trinajstić information content (AvgIpc) is 3.16. The van der Waals surface area contributed by atoms with Gasteiger partial charge in [0.05, 0.1) is 18.7 Å². The number of nitrogens with one attached hydrogen (secondary N) is 1. The first kappa shape index (κ1) is 23.3. The van der Waals surface area contributed by atoms with Crippen LogP contribution in [-0.4, -0.2) is 65.1 Å². The Hall–Kier alpha value is -2.00. The Morgan fingerprint density at radius 1 is 1.28 bits per heavy atom. The second-order valence-electron chi connectivity index (χ2n) is 7.57. The minimum Gasteiger partial charge on any atom is -0.452 e. The fourth-order valence-corrected chi connectivity index (χ4v) is 4.48. The van der Waals surface area contributed by atoms with Gasteiger partial charge in [0.25, 0.3) is 5.91 Å². The first-order valence-electron chi connectivity index (χ1n) is 9.26. The molecule has 1 aliphatic rings. The number of likely N-dealkylation sites (N-methyl/N-ethyl adjacent to an activating group) is 1. The van der Waals surface area contributed by atoms with E-state index in [1.54, 1.807) is 35.7 Å². The molecule has 29 heavy (non-hydrogen) atoms. The predicted molar refractivity (Wildman–Crippen MR) is 118 cm³/mol. The van der Waals surface area contributed by atoms with E-state index in [-0.39, 0.29) is 18.0 Å². The first-order valence-corrected chi connectivity index (χ1v) is 11.2. The highest BCUT2D eigenvalue weighted by molar-refractivity contribution is 8.38. The van der Waals surface area contributed by atoms with Crippen molar-refractivity contribution in [3.63, 3.8) is 0 Å². The number of thioether (sulfide) groups is 2. The van der Waals surface area contributed by atoms with Crippen LogP contribution in [0, 0.1) is 0 Å². The highest BCUT2D eigenvalue weighted by Gasteiger charge is 2.20. The van der Waals surface area contributed by atoms with Crippen molar-refractivity contribution >= 4 is 45.7 Å². The predicted octanol–water partition coefficient (Wildman–Crippen LogP) is 2.55. The quantitative estimate of drug-likeness (QED) is 0.660. The van der Waals surface area contributed by atoms with Crippen LogP contribution in [0.3, 0.4) is 0 Å². The van der Waals surface area contributed by atoms with Crippen LogP contribution in [0.2, 0.25) is 0 Å². The third kappa shape index (κ3) is 8.10. The van der Waals surface area contributed by atoms with Crippen LogP contribution in [0.5, 0.6) is 0 Å². The zero-order valence-electron chi connectivity index (χ0n) is 17.2. The zero-order chi connectivity index (χ0) is 21.4. The van der Waals surface area contributed by atoms with E-state index in [0.717, 1.165) is 22.2 Å². The molecule has 0 aliphatic carbocycles. The smallest absolute Gasteiger partial charge is 0.338 e. The van der Waals surface area contributed by atoms with Gasteiger partial charge in [-0.1, -0.05) is 41.7 Å². The highest BCUT2D eigenvalue weighted by Crippen LogP contribution is 2.26. The minimum absolute atomic E-state index is 0.0966. The van der Waals surface area contributed by atoms with Crippen LogP contribution in [-0.2, 0) is 20.1 Å². The lowest BCUT2D eigenvalue weighted by atomic mass is 10.1. The number of carbonyl (C=O) groups is 3. The number of rotatable bonds is 7. The van der Waals surface area contributed by atoms with Crippen LogP contribution in [0.1, 0.15) is 36.7 Å². The number of carbonyl (C=O) groups excluding carboxylic acids is 3. The lowest BCUT2D eigenvalue weighted by Gasteiger charge is -2.23. The first-order chi connectivity index (χ1) is 13.7. The molecule has 2 amide bonds. The summed E-state index contributed by atoms with van der Waals surface area (Å²) in [5.74, 6) is 0.344. The molecule has 0 atom stereocenters. The summed E-state index contributed by atoms with van der Waals surface area (Å²) in [5, 5.41) is 2.79. The van der Waals surface area contributed by atoms with Crippen LogP contribution in [0.15, 0.2) is 29.3 Å². The van der Waals surface area contributed by atoms with Gasteiger partial charge in [-0.25, -0.2) is 4.79 Å². The number of ether oxygens (including phenoxy) is 1. The van der Waals surface area contributed by atoms with Crippen molar-refractivity contribution in [2.75, 3.05) is 32.5 Å². The molecular formula is C20H27N3O4S2. The van der Waals surface area contributed by atoms with E-state index >= 15 is 0 Å². The van der Waals surface area contributed by atoms with Gasteiger partial charge in [-0.2, -0.15) is 0 Å². The Balaban J connectivity index is 1.86. The lowest BCUT2D eigenvalue weighted by Crippen LogP contribution is -2.46. The molecule has 0 unspecified atom stereocenters. The largest absolute Gasteiger partial charge is 0.452 e. The van der Waals surface area contributed by atoms with Gasteiger partial charge in [0.1, 0.15) is 4.38 Å². The van der Waals surface area contributed by atoms with Gasteiger partial charge < -0.3 is 15.0 Å². The molecule has 158 valence electrons. The average molecular weight is 438 g/mol. The molecule has 1 aromatic carbocycles. The molecule has 7 nitrogen and oxygen atoms in total. The third-order valence-corrected chi connectivity index (χ3v) is 6.10. The summed E-state index contributed by atoms with van der Waals surface area (Å²) >= 11 is 3.31. The van der Waals surface area contributed by atoms with Crippen molar-refractivity contribution in [1.29, 1.82) is 0 Å². The Kier molecular flexibility index (Phi) is 8.58. The molecule has 1 heterocycles. The van der Waals surface area contributed by atoms with E-state index < -0.39 is 18.5 Å². The minimum atomic E-state index is -0.553. The molecule has 1 aliphatic heterocycles. The third-order valence-electron chi connectivity index (χ3n) is 3.79. The highest BCUT2D eigenvalue weighted by atomic mass is 32.2. The maximum absolute atomic E-state index is 12.5. The number of hydrogen-bond donors (Lipinski definition) is 1. The molecule has 0 fully saturated rings. The van der Waals surface area contributed by atoms with E-state index in [1.165, 1.54) is 11.9 Å². The van der Waals surface area contributed by atoms with E-state index in [1.807, 2.05) is 32.9 Å². The fourth-order valence-electron chi connectivity index (χ4n) is 2.46. The number of esters is 1. The molecule has 0 saturated carbocycles. The van der Waals surface area contributed by atoms with Gasteiger partial charge in [-0.05, 0) is 32.4 Å². The topological polar surface area (TPSA) is 88.1 Å². The maximum atomic E-state index is 12.5. The van der Waals surface area contributed by atoms with Crippen molar-refractivity contribution in [3.05, 3.63) is 35.4 Å². The van der Waals surface area contributed by atoms with Gasteiger partial charge in [0, 0.05) is 24.1 Å². The van der Waals surface area contributed by atoms with Crippen molar-refractivity contribution in [3.8, 4) is 0 Å². The van der Waals surface area contributed by atoms with Gasteiger partial charge in [0.15, 0.2) is 6.61 Å². The van der Waals surface area contributed by atoms with Gasteiger partial charge in [-0.3, -0.25) is 14.6 Å². The molecule has 0 radical (unpaired) electrons. The van der Waals surface area contributed by atoms with Crippen LogP contribution in [0.25, 0.3) is 0 Å². The van der Waals surface area contributed by atoms with Gasteiger partial charge in [0.2, 0.25) is 5.91 Å². The molecule has 1 aromatic rings. The summed E-state index contributed by atoms with van der Waals surface area (Å²) in [5.41, 5.74) is 0.894. The van der Waals surface area contributed by atoms with Crippen LogP contribution < -0.4 is 5.32 Å².